The van der Waals surface area contributed by atoms with Crippen molar-refractivity contribution in [2.24, 2.45) is 0 Å². The first-order valence-corrected chi connectivity index (χ1v) is 6.22. The monoisotopic (exact) mass is 264 g/mol. The molecule has 2 heterocycles. The van der Waals surface area contributed by atoms with Crippen LogP contribution in [-0.2, 0) is 4.74 Å². The van der Waals surface area contributed by atoms with Gasteiger partial charge in [0.15, 0.2) is 0 Å². The van der Waals surface area contributed by atoms with Gasteiger partial charge in [0, 0.05) is 6.54 Å². The Labute approximate surface area is 110 Å². The molecule has 0 bridgehead atoms. The number of anilines is 1. The molecule has 0 spiro atoms. The molecule has 2 aromatic heterocycles. The third-order valence-electron chi connectivity index (χ3n) is 2.46. The van der Waals surface area contributed by atoms with E-state index in [2.05, 4.69) is 20.4 Å². The summed E-state index contributed by atoms with van der Waals surface area (Å²) in [5, 5.41) is 7.34. The molecule has 7 heteroatoms. The van der Waals surface area contributed by atoms with E-state index in [0.717, 1.165) is 13.0 Å². The van der Waals surface area contributed by atoms with Gasteiger partial charge in [-0.15, -0.1) is 0 Å². The lowest BCUT2D eigenvalue weighted by Gasteiger charge is -2.06. The molecule has 0 aliphatic heterocycles. The van der Waals surface area contributed by atoms with E-state index in [0.29, 0.717) is 17.0 Å². The summed E-state index contributed by atoms with van der Waals surface area (Å²) in [6.45, 7) is 6.54. The summed E-state index contributed by atoms with van der Waals surface area (Å²) in [6.07, 6.45) is 0.935. The minimum atomic E-state index is -0.534. The normalized spacial score (nSPS) is 10.7. The van der Waals surface area contributed by atoms with Crippen LogP contribution in [0, 0.1) is 6.92 Å². The van der Waals surface area contributed by atoms with Crippen molar-refractivity contribution in [3.63, 3.8) is 0 Å². The van der Waals surface area contributed by atoms with E-state index in [1.807, 2.05) is 6.92 Å². The van der Waals surface area contributed by atoms with E-state index in [4.69, 9.17) is 9.26 Å². The quantitative estimate of drug-likeness (QED) is 0.825. The minimum Gasteiger partial charge on any atom is -0.461 e. The summed E-state index contributed by atoms with van der Waals surface area (Å²) in [5.41, 5.74) is 0.393. The molecule has 0 radical (unpaired) electrons. The predicted molar refractivity (Wildman–Crippen MR) is 69.1 cm³/mol. The van der Waals surface area contributed by atoms with Gasteiger partial charge in [0.25, 0.3) is 5.71 Å². The second kappa shape index (κ2) is 5.64. The number of ether oxygens (including phenoxy) is 1. The summed E-state index contributed by atoms with van der Waals surface area (Å²) in [4.78, 5) is 20.2. The van der Waals surface area contributed by atoms with Gasteiger partial charge in [-0.1, -0.05) is 12.1 Å². The van der Waals surface area contributed by atoms with Crippen LogP contribution in [0.3, 0.4) is 0 Å². The number of rotatable bonds is 5. The van der Waals surface area contributed by atoms with Crippen LogP contribution >= 0.6 is 0 Å². The number of carbonyl (C=O) groups excluding carboxylic acids is 1. The Morgan fingerprint density at radius 3 is 2.84 bits per heavy atom. The lowest BCUT2D eigenvalue weighted by molar-refractivity contribution is 0.0517. The molecular weight excluding hydrogens is 248 g/mol. The van der Waals surface area contributed by atoms with Crippen molar-refractivity contribution in [1.82, 2.24) is 15.1 Å². The lowest BCUT2D eigenvalue weighted by atomic mass is 10.2. The number of hydrogen-bond donors (Lipinski definition) is 1. The highest BCUT2D eigenvalue weighted by atomic mass is 16.5. The number of nitrogens with one attached hydrogen (secondary N) is 1. The maximum absolute atomic E-state index is 11.8. The van der Waals surface area contributed by atoms with Gasteiger partial charge in [0.2, 0.25) is 5.69 Å². The predicted octanol–water partition coefficient (Wildman–Crippen LogP) is 1.92. The molecule has 2 rings (SSSR count). The van der Waals surface area contributed by atoms with Gasteiger partial charge in [-0.2, -0.15) is 4.98 Å². The standard InChI is InChI=1S/C12H16N4O3/c1-4-6-13-10-8-9(12(17)18-5-2)16-19-11(8)15-7(3)14-10/h4-6H2,1-3H3,(H,13,14,15). The van der Waals surface area contributed by atoms with Crippen LogP contribution in [0.2, 0.25) is 0 Å². The third-order valence-corrected chi connectivity index (χ3v) is 2.46. The number of aromatic nitrogens is 3. The Bertz CT molecular complexity index is 594. The van der Waals surface area contributed by atoms with E-state index in [9.17, 15) is 4.79 Å². The van der Waals surface area contributed by atoms with Crippen LogP contribution in [0.5, 0.6) is 0 Å². The van der Waals surface area contributed by atoms with Crippen molar-refractivity contribution in [3.05, 3.63) is 11.5 Å². The van der Waals surface area contributed by atoms with Crippen LogP contribution < -0.4 is 5.32 Å². The SMILES string of the molecule is CCCNc1nc(C)nc2onc(C(=O)OCC)c12. The molecule has 0 aliphatic carbocycles. The van der Waals surface area contributed by atoms with Gasteiger partial charge in [-0.25, -0.2) is 9.78 Å². The lowest BCUT2D eigenvalue weighted by Crippen LogP contribution is -2.09. The van der Waals surface area contributed by atoms with Crippen LogP contribution in [0.4, 0.5) is 5.82 Å². The van der Waals surface area contributed by atoms with Gasteiger partial charge < -0.3 is 14.6 Å². The molecule has 19 heavy (non-hydrogen) atoms. The van der Waals surface area contributed by atoms with Crippen LogP contribution in [0.25, 0.3) is 11.1 Å². The average Bonchev–Trinajstić information content (AvgIpc) is 2.79. The second-order valence-corrected chi connectivity index (χ2v) is 3.98. The van der Waals surface area contributed by atoms with Crippen LogP contribution in [0.15, 0.2) is 4.52 Å². The van der Waals surface area contributed by atoms with E-state index < -0.39 is 5.97 Å². The Kier molecular flexibility index (Phi) is 3.94. The first-order chi connectivity index (χ1) is 9.17. The zero-order chi connectivity index (χ0) is 13.8. The minimum absolute atomic E-state index is 0.107. The number of esters is 1. The Morgan fingerprint density at radius 2 is 2.16 bits per heavy atom. The number of carbonyl (C=O) groups is 1. The van der Waals surface area contributed by atoms with Gasteiger partial charge in [-0.3, -0.25) is 0 Å². The molecule has 7 nitrogen and oxygen atoms in total. The molecule has 0 fully saturated rings. The molecule has 2 aromatic rings. The summed E-state index contributed by atoms with van der Waals surface area (Å²) < 4.78 is 10.0. The largest absolute Gasteiger partial charge is 0.461 e. The molecule has 1 N–H and O–H groups in total. The molecule has 0 unspecified atom stereocenters. The summed E-state index contributed by atoms with van der Waals surface area (Å²) >= 11 is 0. The summed E-state index contributed by atoms with van der Waals surface area (Å²) in [7, 11) is 0. The van der Waals surface area contributed by atoms with Crippen molar-refractivity contribution in [2.75, 3.05) is 18.5 Å². The highest BCUT2D eigenvalue weighted by molar-refractivity contribution is 6.04. The van der Waals surface area contributed by atoms with Crippen molar-refractivity contribution >= 4 is 22.9 Å². The number of fused-ring (bicyclic) bond motifs is 1. The smallest absolute Gasteiger partial charge is 0.361 e. The fourth-order valence-corrected chi connectivity index (χ4v) is 1.67. The highest BCUT2D eigenvalue weighted by Crippen LogP contribution is 2.24. The fraction of sp³-hybridized carbons (Fsp3) is 0.500. The molecule has 0 aliphatic rings. The maximum Gasteiger partial charge on any atom is 0.361 e. The Morgan fingerprint density at radius 1 is 1.37 bits per heavy atom. The van der Waals surface area contributed by atoms with Gasteiger partial charge in [0.05, 0.1) is 6.61 Å². The highest BCUT2D eigenvalue weighted by Gasteiger charge is 2.22. The maximum atomic E-state index is 11.8. The molecule has 0 atom stereocenters. The number of aryl methyl sites for hydroxylation is 1. The van der Waals surface area contributed by atoms with Crippen LogP contribution in [0.1, 0.15) is 36.6 Å². The van der Waals surface area contributed by atoms with E-state index in [1.165, 1.54) is 0 Å². The molecule has 0 saturated heterocycles. The summed E-state index contributed by atoms with van der Waals surface area (Å²) in [6, 6.07) is 0. The molecule has 102 valence electrons. The molecule has 0 amide bonds. The molecule has 0 aromatic carbocycles. The average molecular weight is 264 g/mol. The molecule has 0 saturated carbocycles. The van der Waals surface area contributed by atoms with E-state index in [1.54, 1.807) is 13.8 Å². The Balaban J connectivity index is 2.51. The Hall–Kier alpha value is -2.18. The van der Waals surface area contributed by atoms with Gasteiger partial charge in [-0.05, 0) is 20.3 Å². The first kappa shape index (κ1) is 13.3. The van der Waals surface area contributed by atoms with E-state index >= 15 is 0 Å². The topological polar surface area (TPSA) is 90.1 Å². The van der Waals surface area contributed by atoms with Crippen LogP contribution in [-0.4, -0.2) is 34.2 Å². The number of hydrogen-bond acceptors (Lipinski definition) is 7. The first-order valence-electron chi connectivity index (χ1n) is 6.22. The summed E-state index contributed by atoms with van der Waals surface area (Å²) in [5.74, 6) is 0.569. The number of nitrogens with zero attached hydrogens (tertiary/aromatic N) is 3. The van der Waals surface area contributed by atoms with Gasteiger partial charge in [0.1, 0.15) is 17.0 Å². The fourth-order valence-electron chi connectivity index (χ4n) is 1.67. The van der Waals surface area contributed by atoms with Crippen molar-refractivity contribution in [2.45, 2.75) is 27.2 Å². The van der Waals surface area contributed by atoms with E-state index in [-0.39, 0.29) is 18.0 Å². The third kappa shape index (κ3) is 2.64. The molecular formula is C12H16N4O3. The van der Waals surface area contributed by atoms with Crippen molar-refractivity contribution in [1.29, 1.82) is 0 Å². The second-order valence-electron chi connectivity index (χ2n) is 3.98. The zero-order valence-corrected chi connectivity index (χ0v) is 11.2. The van der Waals surface area contributed by atoms with Gasteiger partial charge >= 0.3 is 5.97 Å². The van der Waals surface area contributed by atoms with Crippen molar-refractivity contribution in [3.8, 4) is 0 Å². The zero-order valence-electron chi connectivity index (χ0n) is 11.2. The van der Waals surface area contributed by atoms with Crippen molar-refractivity contribution < 1.29 is 14.1 Å².